The molecule has 2 aromatic carbocycles. The Labute approximate surface area is 191 Å². The first-order valence-corrected chi connectivity index (χ1v) is 10.7. The number of methoxy groups -OCH3 is 1. The highest BCUT2D eigenvalue weighted by Crippen LogP contribution is 2.48. The quantitative estimate of drug-likeness (QED) is 0.438. The van der Waals surface area contributed by atoms with Crippen LogP contribution < -0.4 is 9.47 Å². The molecule has 3 rings (SSSR count). The highest BCUT2D eigenvalue weighted by molar-refractivity contribution is 9.10. The molecule has 0 aliphatic carbocycles. The molecule has 1 aromatic heterocycles. The Morgan fingerprint density at radius 1 is 1.13 bits per heavy atom. The number of benzene rings is 2. The van der Waals surface area contributed by atoms with E-state index in [0.29, 0.717) is 33.8 Å². The molecule has 0 bridgehead atoms. The van der Waals surface area contributed by atoms with Crippen LogP contribution >= 0.6 is 15.9 Å². The number of pyridine rings is 1. The van der Waals surface area contributed by atoms with Crippen LogP contribution in [0.15, 0.2) is 53.1 Å². The van der Waals surface area contributed by atoms with Crippen molar-refractivity contribution in [2.45, 2.75) is 39.7 Å². The Balaban J connectivity index is 2.26. The molecule has 0 unspecified atom stereocenters. The Morgan fingerprint density at radius 2 is 1.81 bits per heavy atom. The van der Waals surface area contributed by atoms with Gasteiger partial charge in [0.2, 0.25) is 5.88 Å². The molecule has 0 radical (unpaired) electrons. The second kappa shape index (κ2) is 9.10. The van der Waals surface area contributed by atoms with Gasteiger partial charge in [0.15, 0.2) is 0 Å². The third-order valence-corrected chi connectivity index (χ3v) is 5.83. The lowest BCUT2D eigenvalue weighted by atomic mass is 9.79. The Bertz CT molecular complexity index is 1100. The number of hydrogen-bond acceptors (Lipinski definition) is 4. The summed E-state index contributed by atoms with van der Waals surface area (Å²) in [6.07, 6.45) is 1.64. The van der Waals surface area contributed by atoms with Gasteiger partial charge in [-0.15, -0.1) is 0 Å². The van der Waals surface area contributed by atoms with Crippen molar-refractivity contribution in [3.05, 3.63) is 75.4 Å². The summed E-state index contributed by atoms with van der Waals surface area (Å²) in [5.41, 5.74) is 3.79. The Kier molecular flexibility index (Phi) is 6.70. The number of nitrogens with zero attached hydrogens (tertiary/aromatic N) is 1. The normalized spacial score (nSPS) is 11.3. The predicted molar refractivity (Wildman–Crippen MR) is 125 cm³/mol. The number of aromatic nitrogens is 1. The molecule has 1 N–H and O–H groups in total. The Morgan fingerprint density at radius 3 is 2.39 bits per heavy atom. The summed E-state index contributed by atoms with van der Waals surface area (Å²) >= 11 is 3.50. The standard InChI is InChI=1S/C25H26BrNO4/c1-15-18(19(24(28)29)21(26)22(30-5)20(15)25(2,3)4)17-12-9-13-27-23(17)31-14-16-10-7-6-8-11-16/h6-13H,14H2,1-5H3,(H,28,29). The number of carboxylic acid groups (broad SMARTS) is 1. The van der Waals surface area contributed by atoms with Crippen molar-refractivity contribution < 1.29 is 19.4 Å². The fourth-order valence-corrected chi connectivity index (χ4v) is 4.60. The number of halogens is 1. The van der Waals surface area contributed by atoms with Crippen LogP contribution in [0.4, 0.5) is 0 Å². The molecule has 0 aliphatic heterocycles. The molecule has 0 fully saturated rings. The maximum Gasteiger partial charge on any atom is 0.337 e. The fraction of sp³-hybridized carbons (Fsp3) is 0.280. The van der Waals surface area contributed by atoms with E-state index in [1.165, 1.54) is 0 Å². The molecule has 0 atom stereocenters. The molecule has 0 saturated heterocycles. The third kappa shape index (κ3) is 4.59. The molecule has 1 heterocycles. The van der Waals surface area contributed by atoms with Crippen LogP contribution in [0.25, 0.3) is 11.1 Å². The van der Waals surface area contributed by atoms with Crippen molar-refractivity contribution in [3.63, 3.8) is 0 Å². The van der Waals surface area contributed by atoms with E-state index in [1.54, 1.807) is 19.4 Å². The monoisotopic (exact) mass is 483 g/mol. The van der Waals surface area contributed by atoms with Crippen molar-refractivity contribution in [2.24, 2.45) is 0 Å². The van der Waals surface area contributed by atoms with Gasteiger partial charge in [0.1, 0.15) is 12.4 Å². The molecular formula is C25H26BrNO4. The zero-order chi connectivity index (χ0) is 22.8. The van der Waals surface area contributed by atoms with Crippen molar-refractivity contribution in [2.75, 3.05) is 7.11 Å². The minimum Gasteiger partial charge on any atom is -0.495 e. The van der Waals surface area contributed by atoms with E-state index in [-0.39, 0.29) is 11.0 Å². The number of aromatic carboxylic acids is 1. The van der Waals surface area contributed by atoms with Gasteiger partial charge >= 0.3 is 5.97 Å². The van der Waals surface area contributed by atoms with Gasteiger partial charge in [-0.1, -0.05) is 51.1 Å². The maximum absolute atomic E-state index is 12.3. The predicted octanol–water partition coefficient (Wildman–Crippen LogP) is 6.40. The van der Waals surface area contributed by atoms with Crippen LogP contribution in [0, 0.1) is 6.92 Å². The molecule has 0 saturated carbocycles. The smallest absolute Gasteiger partial charge is 0.337 e. The van der Waals surface area contributed by atoms with Crippen molar-refractivity contribution >= 4 is 21.9 Å². The fourth-order valence-electron chi connectivity index (χ4n) is 3.87. The van der Waals surface area contributed by atoms with Crippen LogP contribution in [-0.2, 0) is 12.0 Å². The summed E-state index contributed by atoms with van der Waals surface area (Å²) in [7, 11) is 1.55. The number of carbonyl (C=O) groups is 1. The molecule has 0 spiro atoms. The lowest BCUT2D eigenvalue weighted by molar-refractivity contribution is 0.0696. The minimum atomic E-state index is -1.05. The van der Waals surface area contributed by atoms with Gasteiger partial charge in [-0.2, -0.15) is 0 Å². The van der Waals surface area contributed by atoms with Gasteiger partial charge in [-0.3, -0.25) is 0 Å². The summed E-state index contributed by atoms with van der Waals surface area (Å²) < 4.78 is 12.1. The largest absolute Gasteiger partial charge is 0.495 e. The molecule has 0 aliphatic rings. The summed E-state index contributed by atoms with van der Waals surface area (Å²) in [6.45, 7) is 8.47. The third-order valence-electron chi connectivity index (χ3n) is 5.07. The first-order chi connectivity index (χ1) is 14.7. The summed E-state index contributed by atoms with van der Waals surface area (Å²) in [5, 5.41) is 10.1. The van der Waals surface area contributed by atoms with Gasteiger partial charge in [0.05, 0.1) is 17.1 Å². The van der Waals surface area contributed by atoms with Gasteiger partial charge in [0.25, 0.3) is 0 Å². The summed E-state index contributed by atoms with van der Waals surface area (Å²) in [4.78, 5) is 16.8. The average molecular weight is 484 g/mol. The Hall–Kier alpha value is -2.86. The van der Waals surface area contributed by atoms with E-state index in [1.807, 2.05) is 43.3 Å². The number of hydrogen-bond donors (Lipinski definition) is 1. The number of carboxylic acids is 1. The van der Waals surface area contributed by atoms with Gasteiger partial charge in [-0.05, 0) is 51.5 Å². The van der Waals surface area contributed by atoms with Crippen molar-refractivity contribution in [1.82, 2.24) is 4.98 Å². The van der Waals surface area contributed by atoms with E-state index >= 15 is 0 Å². The number of rotatable bonds is 6. The van der Waals surface area contributed by atoms with Crippen molar-refractivity contribution in [3.8, 4) is 22.8 Å². The van der Waals surface area contributed by atoms with Crippen LogP contribution in [0.3, 0.4) is 0 Å². The second-order valence-corrected chi connectivity index (χ2v) is 9.08. The van der Waals surface area contributed by atoms with Crippen LogP contribution in [0.5, 0.6) is 11.6 Å². The van der Waals surface area contributed by atoms with Crippen LogP contribution in [0.1, 0.15) is 47.8 Å². The average Bonchev–Trinajstić information content (AvgIpc) is 2.73. The van der Waals surface area contributed by atoms with E-state index in [2.05, 4.69) is 41.7 Å². The first-order valence-electron chi connectivity index (χ1n) is 9.92. The van der Waals surface area contributed by atoms with E-state index in [0.717, 1.165) is 16.7 Å². The SMILES string of the molecule is COc1c(Br)c(C(=O)O)c(-c2cccnc2OCc2ccccc2)c(C)c1C(C)(C)C. The zero-order valence-corrected chi connectivity index (χ0v) is 19.9. The molecule has 31 heavy (non-hydrogen) atoms. The number of ether oxygens (including phenoxy) is 2. The van der Waals surface area contributed by atoms with E-state index in [9.17, 15) is 9.90 Å². The molecule has 3 aromatic rings. The van der Waals surface area contributed by atoms with Crippen molar-refractivity contribution in [1.29, 1.82) is 0 Å². The highest BCUT2D eigenvalue weighted by Gasteiger charge is 2.32. The van der Waals surface area contributed by atoms with Gasteiger partial charge in [0, 0.05) is 22.9 Å². The maximum atomic E-state index is 12.3. The molecule has 162 valence electrons. The highest BCUT2D eigenvalue weighted by atomic mass is 79.9. The van der Waals surface area contributed by atoms with Crippen LogP contribution in [0.2, 0.25) is 0 Å². The molecule has 0 amide bonds. The van der Waals surface area contributed by atoms with Gasteiger partial charge < -0.3 is 14.6 Å². The zero-order valence-electron chi connectivity index (χ0n) is 18.3. The lowest BCUT2D eigenvalue weighted by Crippen LogP contribution is -2.18. The summed E-state index contributed by atoms with van der Waals surface area (Å²) in [5.74, 6) is -0.141. The lowest BCUT2D eigenvalue weighted by Gasteiger charge is -2.29. The topological polar surface area (TPSA) is 68.7 Å². The van der Waals surface area contributed by atoms with Gasteiger partial charge in [-0.25, -0.2) is 9.78 Å². The van der Waals surface area contributed by atoms with E-state index in [4.69, 9.17) is 9.47 Å². The second-order valence-electron chi connectivity index (χ2n) is 8.28. The van der Waals surface area contributed by atoms with E-state index < -0.39 is 5.97 Å². The first kappa shape index (κ1) is 22.8. The molecule has 5 nitrogen and oxygen atoms in total. The molecular weight excluding hydrogens is 458 g/mol. The minimum absolute atomic E-state index is 0.125. The summed E-state index contributed by atoms with van der Waals surface area (Å²) in [6, 6.07) is 13.4. The molecule has 6 heteroatoms. The van der Waals surface area contributed by atoms with Crippen LogP contribution in [-0.4, -0.2) is 23.2 Å².